The molecule has 0 bridgehead atoms. The number of hydrogen-bond acceptors (Lipinski definition) is 4. The summed E-state index contributed by atoms with van der Waals surface area (Å²) in [5, 5.41) is 8.03. The Hall–Kier alpha value is -2.86. The van der Waals surface area contributed by atoms with Gasteiger partial charge in [0.05, 0.1) is 17.0 Å². The number of aromatic amines is 1. The molecule has 0 saturated carbocycles. The normalized spacial score (nSPS) is 14.1. The van der Waals surface area contributed by atoms with E-state index in [0.29, 0.717) is 29.1 Å². The van der Waals surface area contributed by atoms with Crippen molar-refractivity contribution in [3.63, 3.8) is 0 Å². The van der Waals surface area contributed by atoms with Gasteiger partial charge in [0, 0.05) is 30.7 Å². The molecule has 0 unspecified atom stereocenters. The Morgan fingerprint density at radius 1 is 1.10 bits per heavy atom. The van der Waals surface area contributed by atoms with Gasteiger partial charge in [-0.05, 0) is 61.4 Å². The van der Waals surface area contributed by atoms with Crippen molar-refractivity contribution in [2.24, 2.45) is 5.73 Å². The zero-order valence-electron chi connectivity index (χ0n) is 16.9. The number of aryl methyl sites for hydroxylation is 2. The summed E-state index contributed by atoms with van der Waals surface area (Å²) >= 11 is 6.07. The SMILES string of the molecule is NC(=O)c1c(CCc2ccc(N3CCCCC3)nc2)n[nH]c1Cc1cccc(Cl)c1. The molecule has 0 spiro atoms. The van der Waals surface area contributed by atoms with Crippen LogP contribution < -0.4 is 10.6 Å². The molecule has 1 aliphatic heterocycles. The number of nitrogens with zero attached hydrogens (tertiary/aromatic N) is 3. The van der Waals surface area contributed by atoms with Gasteiger partial charge < -0.3 is 10.6 Å². The summed E-state index contributed by atoms with van der Waals surface area (Å²) in [5.41, 5.74) is 9.68. The summed E-state index contributed by atoms with van der Waals surface area (Å²) in [6.07, 6.45) is 7.58. The lowest BCUT2D eigenvalue weighted by molar-refractivity contribution is 0.0998. The van der Waals surface area contributed by atoms with E-state index in [9.17, 15) is 4.79 Å². The second kappa shape index (κ2) is 9.30. The minimum atomic E-state index is -0.464. The number of carbonyl (C=O) groups excluding carboxylic acids is 1. The quantitative estimate of drug-likeness (QED) is 0.602. The number of rotatable bonds is 7. The molecule has 0 atom stereocenters. The Bertz CT molecular complexity index is 1010. The molecule has 1 saturated heterocycles. The van der Waals surface area contributed by atoms with E-state index in [1.54, 1.807) is 0 Å². The van der Waals surface area contributed by atoms with Gasteiger partial charge in [0.25, 0.3) is 5.91 Å². The summed E-state index contributed by atoms with van der Waals surface area (Å²) in [5.74, 6) is 0.578. The maximum atomic E-state index is 12.1. The van der Waals surface area contributed by atoms with Crippen LogP contribution in [0.5, 0.6) is 0 Å². The van der Waals surface area contributed by atoms with E-state index in [1.165, 1.54) is 19.3 Å². The first-order chi connectivity index (χ1) is 14.6. The first-order valence-electron chi connectivity index (χ1n) is 10.4. The number of H-pyrrole nitrogens is 1. The Kier molecular flexibility index (Phi) is 6.33. The van der Waals surface area contributed by atoms with Crippen molar-refractivity contribution in [2.45, 2.75) is 38.5 Å². The number of aromatic nitrogens is 3. The van der Waals surface area contributed by atoms with E-state index in [-0.39, 0.29) is 0 Å². The van der Waals surface area contributed by atoms with Gasteiger partial charge >= 0.3 is 0 Å². The molecule has 0 aliphatic carbocycles. The molecule has 0 radical (unpaired) electrons. The molecule has 1 aromatic carbocycles. The van der Waals surface area contributed by atoms with Gasteiger partial charge in [-0.3, -0.25) is 9.89 Å². The van der Waals surface area contributed by atoms with Gasteiger partial charge in [-0.2, -0.15) is 5.10 Å². The lowest BCUT2D eigenvalue weighted by Gasteiger charge is -2.27. The number of nitrogens with one attached hydrogen (secondary N) is 1. The molecular formula is C23H26ClN5O. The molecule has 3 heterocycles. The standard InChI is InChI=1S/C23H26ClN5O/c24-18-6-4-5-17(13-18)14-20-22(23(25)30)19(27-28-20)9-7-16-8-10-21(26-15-16)29-11-2-1-3-12-29/h4-6,8,10,13,15H,1-3,7,9,11-12,14H2,(H2,25,30)(H,27,28). The predicted octanol–water partition coefficient (Wildman–Crippen LogP) is 3.92. The van der Waals surface area contributed by atoms with Crippen LogP contribution in [0.2, 0.25) is 5.02 Å². The lowest BCUT2D eigenvalue weighted by Crippen LogP contribution is -2.30. The largest absolute Gasteiger partial charge is 0.365 e. The van der Waals surface area contributed by atoms with Crippen LogP contribution in [0.25, 0.3) is 0 Å². The molecule has 4 rings (SSSR count). The fourth-order valence-electron chi connectivity index (χ4n) is 4.01. The number of carbonyl (C=O) groups is 1. The summed E-state index contributed by atoms with van der Waals surface area (Å²) in [6, 6.07) is 11.8. The summed E-state index contributed by atoms with van der Waals surface area (Å²) in [6.45, 7) is 2.16. The molecule has 6 nitrogen and oxygen atoms in total. The fourth-order valence-corrected chi connectivity index (χ4v) is 4.22. The van der Waals surface area contributed by atoms with Gasteiger partial charge in [0.2, 0.25) is 0 Å². The first-order valence-corrected chi connectivity index (χ1v) is 10.8. The van der Waals surface area contributed by atoms with Gasteiger partial charge in [-0.1, -0.05) is 29.8 Å². The number of hydrogen-bond donors (Lipinski definition) is 2. The van der Waals surface area contributed by atoms with E-state index in [1.807, 2.05) is 30.5 Å². The van der Waals surface area contributed by atoms with Crippen LogP contribution in [0.4, 0.5) is 5.82 Å². The Balaban J connectivity index is 1.44. The predicted molar refractivity (Wildman–Crippen MR) is 119 cm³/mol. The fraction of sp³-hybridized carbons (Fsp3) is 0.348. The molecule has 7 heteroatoms. The number of primary amides is 1. The molecule has 156 valence electrons. The van der Waals surface area contributed by atoms with Crippen molar-refractivity contribution in [1.29, 1.82) is 0 Å². The van der Waals surface area contributed by atoms with Gasteiger partial charge in [0.1, 0.15) is 5.82 Å². The van der Waals surface area contributed by atoms with E-state index in [0.717, 1.165) is 42.1 Å². The molecule has 1 amide bonds. The van der Waals surface area contributed by atoms with Crippen molar-refractivity contribution in [3.8, 4) is 0 Å². The molecule has 3 N–H and O–H groups in total. The van der Waals surface area contributed by atoms with Crippen molar-refractivity contribution in [3.05, 3.63) is 75.7 Å². The second-order valence-electron chi connectivity index (χ2n) is 7.77. The average Bonchev–Trinajstić information content (AvgIpc) is 3.16. The smallest absolute Gasteiger partial charge is 0.252 e. The minimum absolute atomic E-state index is 0.464. The molecule has 1 fully saturated rings. The van der Waals surface area contributed by atoms with Crippen molar-refractivity contribution in [2.75, 3.05) is 18.0 Å². The number of halogens is 1. The van der Waals surface area contributed by atoms with Gasteiger partial charge in [0.15, 0.2) is 0 Å². The Morgan fingerprint density at radius 2 is 1.93 bits per heavy atom. The zero-order chi connectivity index (χ0) is 20.9. The third-order valence-electron chi connectivity index (χ3n) is 5.57. The monoisotopic (exact) mass is 423 g/mol. The summed E-state index contributed by atoms with van der Waals surface area (Å²) in [7, 11) is 0. The van der Waals surface area contributed by atoms with Gasteiger partial charge in [-0.15, -0.1) is 0 Å². The van der Waals surface area contributed by atoms with Crippen LogP contribution in [0.15, 0.2) is 42.6 Å². The Morgan fingerprint density at radius 3 is 2.63 bits per heavy atom. The highest BCUT2D eigenvalue weighted by Gasteiger charge is 2.19. The number of benzene rings is 1. The van der Waals surface area contributed by atoms with Crippen LogP contribution in [0, 0.1) is 0 Å². The third kappa shape index (κ3) is 4.82. The Labute approximate surface area is 181 Å². The lowest BCUT2D eigenvalue weighted by atomic mass is 10.0. The summed E-state index contributed by atoms with van der Waals surface area (Å²) in [4.78, 5) is 19.1. The minimum Gasteiger partial charge on any atom is -0.365 e. The van der Waals surface area contributed by atoms with E-state index >= 15 is 0 Å². The number of anilines is 1. The maximum absolute atomic E-state index is 12.1. The maximum Gasteiger partial charge on any atom is 0.252 e. The van der Waals surface area contributed by atoms with Crippen molar-refractivity contribution < 1.29 is 4.79 Å². The number of pyridine rings is 1. The highest BCUT2D eigenvalue weighted by atomic mass is 35.5. The van der Waals surface area contributed by atoms with Crippen LogP contribution in [-0.2, 0) is 19.3 Å². The topological polar surface area (TPSA) is 87.9 Å². The number of amides is 1. The summed E-state index contributed by atoms with van der Waals surface area (Å²) < 4.78 is 0. The highest BCUT2D eigenvalue weighted by molar-refractivity contribution is 6.30. The van der Waals surface area contributed by atoms with Crippen molar-refractivity contribution >= 4 is 23.3 Å². The van der Waals surface area contributed by atoms with E-state index in [2.05, 4.69) is 32.2 Å². The molecule has 2 aromatic heterocycles. The molecule has 30 heavy (non-hydrogen) atoms. The second-order valence-corrected chi connectivity index (χ2v) is 8.20. The molecule has 1 aliphatic rings. The third-order valence-corrected chi connectivity index (χ3v) is 5.81. The van der Waals surface area contributed by atoms with Crippen LogP contribution in [0.3, 0.4) is 0 Å². The molecule has 3 aromatic rings. The van der Waals surface area contributed by atoms with Crippen molar-refractivity contribution in [1.82, 2.24) is 15.2 Å². The van der Waals surface area contributed by atoms with Crippen LogP contribution >= 0.6 is 11.6 Å². The molecular weight excluding hydrogens is 398 g/mol. The van der Waals surface area contributed by atoms with E-state index in [4.69, 9.17) is 17.3 Å². The number of nitrogens with two attached hydrogens (primary N) is 1. The zero-order valence-corrected chi connectivity index (χ0v) is 17.7. The van der Waals surface area contributed by atoms with Crippen LogP contribution in [0.1, 0.15) is 52.1 Å². The number of piperidine rings is 1. The van der Waals surface area contributed by atoms with E-state index < -0.39 is 5.91 Å². The van der Waals surface area contributed by atoms with Gasteiger partial charge in [-0.25, -0.2) is 4.98 Å². The van der Waals surface area contributed by atoms with Crippen LogP contribution in [-0.4, -0.2) is 34.2 Å². The first kappa shape index (κ1) is 20.4. The highest BCUT2D eigenvalue weighted by Crippen LogP contribution is 2.21. The average molecular weight is 424 g/mol.